The summed E-state index contributed by atoms with van der Waals surface area (Å²) in [7, 11) is 3.44. The van der Waals surface area contributed by atoms with Crippen LogP contribution in [0.2, 0.25) is 0 Å². The van der Waals surface area contributed by atoms with Gasteiger partial charge in [-0.3, -0.25) is 4.99 Å². The van der Waals surface area contributed by atoms with Crippen LogP contribution in [0.15, 0.2) is 86.6 Å². The molecule has 0 spiro atoms. The van der Waals surface area contributed by atoms with Gasteiger partial charge in [0.25, 0.3) is 0 Å². The molecule has 30 heavy (non-hydrogen) atoms. The van der Waals surface area contributed by atoms with Gasteiger partial charge >= 0.3 is 0 Å². The number of furan rings is 1. The topological polar surface area (TPSA) is 52.0 Å². The van der Waals surface area contributed by atoms with Crippen molar-refractivity contribution in [3.05, 3.63) is 82.5 Å². The van der Waals surface area contributed by atoms with Gasteiger partial charge in [0.2, 0.25) is 4.80 Å². The molecule has 3 aromatic carbocycles. The third-order valence-corrected chi connectivity index (χ3v) is 5.91. The molecule has 6 heteroatoms. The van der Waals surface area contributed by atoms with E-state index in [4.69, 9.17) is 14.3 Å². The second-order valence-electron chi connectivity index (χ2n) is 6.73. The molecule has 0 aliphatic rings. The Kier molecular flexibility index (Phi) is 4.69. The number of fused-ring (bicyclic) bond motifs is 2. The average molecular weight is 414 g/mol. The van der Waals surface area contributed by atoms with E-state index in [2.05, 4.69) is 23.2 Å². The number of hydrogen-bond donors (Lipinski definition) is 0. The molecule has 0 N–H and O–H groups in total. The normalized spacial score (nSPS) is 12.4. The molecule has 0 fully saturated rings. The van der Waals surface area contributed by atoms with Crippen LogP contribution in [0, 0.1) is 0 Å². The molecule has 0 radical (unpaired) electrons. The van der Waals surface area contributed by atoms with Gasteiger partial charge in [0, 0.05) is 23.4 Å². The summed E-state index contributed by atoms with van der Waals surface area (Å²) in [6.07, 6.45) is 1.83. The van der Waals surface area contributed by atoms with Crippen LogP contribution in [0.4, 0.5) is 0 Å². The highest BCUT2D eigenvalue weighted by Crippen LogP contribution is 2.29. The number of methoxy groups -OCH3 is 1. The molecule has 0 bridgehead atoms. The Morgan fingerprint density at radius 3 is 2.60 bits per heavy atom. The maximum absolute atomic E-state index is 6.07. The number of rotatable bonds is 4. The van der Waals surface area contributed by atoms with Gasteiger partial charge < -0.3 is 9.15 Å². The van der Waals surface area contributed by atoms with Gasteiger partial charge in [0.15, 0.2) is 5.76 Å². The van der Waals surface area contributed by atoms with Gasteiger partial charge in [0.1, 0.15) is 17.0 Å². The zero-order valence-corrected chi connectivity index (χ0v) is 17.4. The van der Waals surface area contributed by atoms with Gasteiger partial charge in [0.05, 0.1) is 13.3 Å². The van der Waals surface area contributed by atoms with Crippen LogP contribution in [0.25, 0.3) is 33.2 Å². The smallest absolute Gasteiger partial charge is 0.206 e. The Bertz CT molecular complexity index is 1420. The first kappa shape index (κ1) is 18.4. The van der Waals surface area contributed by atoms with Crippen LogP contribution in [-0.2, 0) is 0 Å². The molecule has 5 rings (SSSR count). The maximum atomic E-state index is 6.07. The maximum Gasteiger partial charge on any atom is 0.206 e. The van der Waals surface area contributed by atoms with Crippen molar-refractivity contribution in [2.75, 3.05) is 14.2 Å². The third-order valence-electron chi connectivity index (χ3n) is 5.01. The Labute approximate surface area is 177 Å². The van der Waals surface area contributed by atoms with Crippen LogP contribution in [-0.4, -0.2) is 25.0 Å². The molecule has 148 valence electrons. The first-order chi connectivity index (χ1) is 14.8. The molecule has 2 heterocycles. The van der Waals surface area contributed by atoms with Crippen LogP contribution >= 0.6 is 11.3 Å². The van der Waals surface area contributed by atoms with Crippen molar-refractivity contribution in [3.63, 3.8) is 0 Å². The molecule has 0 saturated heterocycles. The Hall–Kier alpha value is -3.64. The molecular formula is C24H19N3O2S. The number of nitrogens with zero attached hydrogens (tertiary/aromatic N) is 3. The number of hydrogen-bond acceptors (Lipinski definition) is 5. The average Bonchev–Trinajstić information content (AvgIpc) is 3.40. The highest BCUT2D eigenvalue weighted by Gasteiger charge is 2.13. The van der Waals surface area contributed by atoms with E-state index in [-0.39, 0.29) is 0 Å². The van der Waals surface area contributed by atoms with E-state index < -0.39 is 0 Å². The lowest BCUT2D eigenvalue weighted by Crippen LogP contribution is -2.11. The number of thiazole rings is 1. The fourth-order valence-corrected chi connectivity index (χ4v) is 4.33. The van der Waals surface area contributed by atoms with E-state index in [9.17, 15) is 0 Å². The lowest BCUT2D eigenvalue weighted by Gasteiger charge is -2.08. The van der Waals surface area contributed by atoms with Crippen LogP contribution in [0.5, 0.6) is 5.75 Å². The second-order valence-corrected chi connectivity index (χ2v) is 7.57. The van der Waals surface area contributed by atoms with Crippen molar-refractivity contribution in [3.8, 4) is 17.2 Å². The van der Waals surface area contributed by atoms with Gasteiger partial charge in [-0.25, -0.2) is 4.68 Å². The summed E-state index contributed by atoms with van der Waals surface area (Å²) in [6, 6.07) is 22.2. The standard InChI is InChI=1S/C24H19N3O2S/c1-25-24-27(20(15-30-24)23-13-17-8-4-6-10-21(17)29-23)26-14-19-18-9-5-3-7-16(18)11-12-22(19)28-2/h3-15H,1-2H3. The second kappa shape index (κ2) is 7.65. The number of benzene rings is 3. The fourth-order valence-electron chi connectivity index (χ4n) is 3.54. The first-order valence-corrected chi connectivity index (χ1v) is 10.4. The molecule has 0 aliphatic heterocycles. The molecule has 5 nitrogen and oxygen atoms in total. The lowest BCUT2D eigenvalue weighted by atomic mass is 10.0. The zero-order chi connectivity index (χ0) is 20.5. The molecule has 0 atom stereocenters. The molecule has 0 aliphatic carbocycles. The molecule has 2 aromatic heterocycles. The fraction of sp³-hybridized carbons (Fsp3) is 0.0833. The Morgan fingerprint density at radius 1 is 1.00 bits per heavy atom. The number of aromatic nitrogens is 1. The van der Waals surface area contributed by atoms with E-state index in [1.54, 1.807) is 14.2 Å². The van der Waals surface area contributed by atoms with Crippen molar-refractivity contribution >= 4 is 39.3 Å². The van der Waals surface area contributed by atoms with Crippen molar-refractivity contribution in [1.29, 1.82) is 0 Å². The molecule has 0 saturated carbocycles. The zero-order valence-electron chi connectivity index (χ0n) is 16.6. The summed E-state index contributed by atoms with van der Waals surface area (Å²) in [5.41, 5.74) is 2.62. The number of ether oxygens (including phenoxy) is 1. The molecular weight excluding hydrogens is 394 g/mol. The summed E-state index contributed by atoms with van der Waals surface area (Å²) in [5.74, 6) is 1.53. The van der Waals surface area contributed by atoms with E-state index in [0.717, 1.165) is 49.3 Å². The third kappa shape index (κ3) is 3.11. The van der Waals surface area contributed by atoms with Gasteiger partial charge in [-0.15, -0.1) is 11.3 Å². The predicted octanol–water partition coefficient (Wildman–Crippen LogP) is 5.54. The molecule has 0 unspecified atom stereocenters. The molecule has 0 amide bonds. The minimum atomic E-state index is 0.754. The minimum absolute atomic E-state index is 0.754. The molecule has 5 aromatic rings. The summed E-state index contributed by atoms with van der Waals surface area (Å²) in [5, 5.41) is 10.1. The van der Waals surface area contributed by atoms with Gasteiger partial charge in [-0.2, -0.15) is 5.10 Å². The van der Waals surface area contributed by atoms with E-state index in [1.807, 2.05) is 64.8 Å². The van der Waals surface area contributed by atoms with Crippen molar-refractivity contribution in [1.82, 2.24) is 4.68 Å². The SMILES string of the molecule is CN=c1scc(-c2cc3ccccc3o2)n1N=Cc1c(OC)ccc2ccccc12. The largest absolute Gasteiger partial charge is 0.496 e. The Morgan fingerprint density at radius 2 is 1.80 bits per heavy atom. The van der Waals surface area contributed by atoms with Crippen LogP contribution in [0.1, 0.15) is 5.56 Å². The Balaban J connectivity index is 1.67. The quantitative estimate of drug-likeness (QED) is 0.363. The first-order valence-electron chi connectivity index (χ1n) is 9.51. The van der Waals surface area contributed by atoms with E-state index in [1.165, 1.54) is 11.3 Å². The van der Waals surface area contributed by atoms with E-state index >= 15 is 0 Å². The minimum Gasteiger partial charge on any atom is -0.496 e. The predicted molar refractivity (Wildman–Crippen MR) is 122 cm³/mol. The van der Waals surface area contributed by atoms with E-state index in [0.29, 0.717) is 0 Å². The van der Waals surface area contributed by atoms with Crippen LogP contribution < -0.4 is 9.54 Å². The highest BCUT2D eigenvalue weighted by atomic mass is 32.1. The summed E-state index contributed by atoms with van der Waals surface area (Å²) >= 11 is 1.52. The van der Waals surface area contributed by atoms with Crippen molar-refractivity contribution < 1.29 is 9.15 Å². The van der Waals surface area contributed by atoms with Crippen LogP contribution in [0.3, 0.4) is 0 Å². The highest BCUT2D eigenvalue weighted by molar-refractivity contribution is 7.07. The van der Waals surface area contributed by atoms with Gasteiger partial charge in [-0.1, -0.05) is 48.5 Å². The number of para-hydroxylation sites is 1. The lowest BCUT2D eigenvalue weighted by molar-refractivity contribution is 0.415. The summed E-state index contributed by atoms with van der Waals surface area (Å²) < 4.78 is 13.5. The summed E-state index contributed by atoms with van der Waals surface area (Å²) in [4.78, 5) is 5.16. The van der Waals surface area contributed by atoms with Crippen molar-refractivity contribution in [2.45, 2.75) is 0 Å². The van der Waals surface area contributed by atoms with Crippen molar-refractivity contribution in [2.24, 2.45) is 10.1 Å². The van der Waals surface area contributed by atoms with Gasteiger partial charge in [-0.05, 0) is 29.0 Å². The summed E-state index contributed by atoms with van der Waals surface area (Å²) in [6.45, 7) is 0. The monoisotopic (exact) mass is 413 g/mol.